The first-order valence-electron chi connectivity index (χ1n) is 14.1. The molecule has 218 valence electrons. The third-order valence-electron chi connectivity index (χ3n) is 8.07. The van der Waals surface area contributed by atoms with Crippen molar-refractivity contribution in [3.63, 3.8) is 0 Å². The molecule has 0 bridgehead atoms. The van der Waals surface area contributed by atoms with E-state index in [4.69, 9.17) is 12.2 Å². The molecule has 11 heteroatoms. The Bertz CT molecular complexity index is 1780. The van der Waals surface area contributed by atoms with Gasteiger partial charge in [0.2, 0.25) is 0 Å². The number of nitrogens with zero attached hydrogens (tertiary/aromatic N) is 6. The van der Waals surface area contributed by atoms with Gasteiger partial charge in [0.05, 0.1) is 16.3 Å². The number of para-hydroxylation sites is 1. The molecule has 9 nitrogen and oxygen atoms in total. The van der Waals surface area contributed by atoms with Crippen molar-refractivity contribution in [3.05, 3.63) is 78.3 Å². The van der Waals surface area contributed by atoms with Crippen LogP contribution >= 0.6 is 24.0 Å². The van der Waals surface area contributed by atoms with E-state index in [1.165, 1.54) is 9.58 Å². The maximum absolute atomic E-state index is 14.0. The number of anilines is 2. The fraction of sp³-hybridized carbons (Fsp3) is 0.387. The van der Waals surface area contributed by atoms with Crippen LogP contribution in [0, 0.1) is 31.1 Å². The van der Waals surface area contributed by atoms with E-state index in [-0.39, 0.29) is 26.7 Å². The summed E-state index contributed by atoms with van der Waals surface area (Å²) in [7, 11) is 1.77. The third-order valence-corrected chi connectivity index (χ3v) is 9.37. The van der Waals surface area contributed by atoms with Crippen molar-refractivity contribution in [2.24, 2.45) is 13.0 Å². The summed E-state index contributed by atoms with van der Waals surface area (Å²) in [5, 5.41) is 9.95. The van der Waals surface area contributed by atoms with Crippen LogP contribution in [0.4, 0.5) is 11.5 Å². The lowest BCUT2D eigenvalue weighted by Crippen LogP contribution is -2.40. The van der Waals surface area contributed by atoms with Gasteiger partial charge in [-0.2, -0.15) is 5.26 Å². The minimum atomic E-state index is -0.403. The van der Waals surface area contributed by atoms with E-state index in [0.717, 1.165) is 43.5 Å². The van der Waals surface area contributed by atoms with Crippen molar-refractivity contribution < 1.29 is 4.79 Å². The third kappa shape index (κ3) is 4.92. The molecule has 42 heavy (non-hydrogen) atoms. The first kappa shape index (κ1) is 29.6. The number of aromatic nitrogens is 3. The minimum Gasteiger partial charge on any atom is -0.357 e. The summed E-state index contributed by atoms with van der Waals surface area (Å²) in [6, 6.07) is 11.3. The number of benzene rings is 1. The van der Waals surface area contributed by atoms with E-state index >= 15 is 0 Å². The van der Waals surface area contributed by atoms with Crippen LogP contribution in [0.5, 0.6) is 0 Å². The zero-order valence-corrected chi connectivity index (χ0v) is 26.1. The van der Waals surface area contributed by atoms with Crippen LogP contribution in [0.1, 0.15) is 55.5 Å². The van der Waals surface area contributed by atoms with E-state index in [1.54, 1.807) is 36.2 Å². The summed E-state index contributed by atoms with van der Waals surface area (Å²) in [6.45, 7) is 9.76. The molecule has 0 aliphatic carbocycles. The second-order valence-electron chi connectivity index (χ2n) is 10.9. The molecule has 2 aliphatic heterocycles. The molecule has 1 unspecified atom stereocenters. The number of pyridine rings is 1. The summed E-state index contributed by atoms with van der Waals surface area (Å²) in [4.78, 5) is 45.1. The average Bonchev–Trinajstić information content (AvgIpc) is 3.36. The van der Waals surface area contributed by atoms with E-state index < -0.39 is 5.91 Å². The van der Waals surface area contributed by atoms with Crippen molar-refractivity contribution >= 4 is 51.8 Å². The maximum atomic E-state index is 14.0. The van der Waals surface area contributed by atoms with Gasteiger partial charge >= 0.3 is 0 Å². The van der Waals surface area contributed by atoms with Gasteiger partial charge in [0.15, 0.2) is 4.32 Å². The van der Waals surface area contributed by atoms with Crippen LogP contribution in [0.2, 0.25) is 0 Å². The van der Waals surface area contributed by atoms with Crippen LogP contribution < -0.4 is 20.9 Å². The first-order chi connectivity index (χ1) is 20.1. The Morgan fingerprint density at radius 1 is 1.14 bits per heavy atom. The molecule has 2 saturated heterocycles. The Morgan fingerprint density at radius 3 is 2.50 bits per heavy atom. The highest BCUT2D eigenvalue weighted by molar-refractivity contribution is 8.27. The lowest BCUT2D eigenvalue weighted by molar-refractivity contribution is -0.113. The van der Waals surface area contributed by atoms with Crippen molar-refractivity contribution in [2.45, 2.75) is 53.5 Å². The fourth-order valence-corrected chi connectivity index (χ4v) is 7.15. The van der Waals surface area contributed by atoms with Gasteiger partial charge in [-0.25, -0.2) is 4.68 Å². The second kappa shape index (κ2) is 11.8. The summed E-state index contributed by atoms with van der Waals surface area (Å²) < 4.78 is 5.18. The Balaban J connectivity index is 1.67. The quantitative estimate of drug-likeness (QED) is 0.293. The molecule has 0 saturated carbocycles. The number of amides is 1. The van der Waals surface area contributed by atoms with Gasteiger partial charge in [-0.05, 0) is 62.8 Å². The lowest BCUT2D eigenvalue weighted by atomic mass is 9.98. The predicted octanol–water partition coefficient (Wildman–Crippen LogP) is 4.88. The standard InChI is InChI=1S/C31H34N6O3S2/c1-6-14-35-27(34-15-10-11-19(2)18-34)23(20(3)24(17-32)28(35)38)16-25-29(39)36(31(41)42-25)26-21(4)33(5)37(30(26)40)22-12-8-7-9-13-22/h7-9,12-13,16,19H,6,10-11,14-15,18H2,1-5H3/b25-16+. The highest BCUT2D eigenvalue weighted by Crippen LogP contribution is 2.39. The molecule has 0 spiro atoms. The van der Waals surface area contributed by atoms with Gasteiger partial charge in [-0.3, -0.25) is 28.5 Å². The van der Waals surface area contributed by atoms with Gasteiger partial charge < -0.3 is 4.90 Å². The number of thioether (sulfide) groups is 1. The number of hydrogen-bond donors (Lipinski definition) is 0. The largest absolute Gasteiger partial charge is 0.357 e. The van der Waals surface area contributed by atoms with Crippen molar-refractivity contribution in [1.82, 2.24) is 13.9 Å². The first-order valence-corrected chi connectivity index (χ1v) is 15.4. The molecule has 0 N–H and O–H groups in total. The zero-order valence-electron chi connectivity index (χ0n) is 24.5. The predicted molar refractivity (Wildman–Crippen MR) is 172 cm³/mol. The monoisotopic (exact) mass is 602 g/mol. The van der Waals surface area contributed by atoms with Crippen molar-refractivity contribution in [1.29, 1.82) is 5.26 Å². The van der Waals surface area contributed by atoms with Gasteiger partial charge in [-0.1, -0.05) is 56.0 Å². The summed E-state index contributed by atoms with van der Waals surface area (Å²) >= 11 is 6.80. The van der Waals surface area contributed by atoms with Crippen molar-refractivity contribution in [3.8, 4) is 11.8 Å². The van der Waals surface area contributed by atoms with E-state index in [1.807, 2.05) is 37.3 Å². The molecule has 0 radical (unpaired) electrons. The van der Waals surface area contributed by atoms with Crippen LogP contribution in [0.15, 0.2) is 44.8 Å². The van der Waals surface area contributed by atoms with Gasteiger partial charge in [-0.15, -0.1) is 0 Å². The smallest absolute Gasteiger partial charge is 0.296 e. The van der Waals surface area contributed by atoms with Crippen LogP contribution in [-0.4, -0.2) is 37.2 Å². The minimum absolute atomic E-state index is 0.0728. The van der Waals surface area contributed by atoms with Crippen molar-refractivity contribution in [2.75, 3.05) is 22.9 Å². The van der Waals surface area contributed by atoms with Crippen LogP contribution in [-0.2, 0) is 18.4 Å². The average molecular weight is 603 g/mol. The topological polar surface area (TPSA) is 96.3 Å². The Kier molecular flexibility index (Phi) is 8.30. The molecule has 2 aliphatic rings. The zero-order chi connectivity index (χ0) is 30.3. The molecule has 5 rings (SSSR count). The van der Waals surface area contributed by atoms with E-state index in [0.29, 0.717) is 46.3 Å². The highest BCUT2D eigenvalue weighted by Gasteiger charge is 2.38. The Labute approximate surface area is 254 Å². The second-order valence-corrected chi connectivity index (χ2v) is 12.6. The summed E-state index contributed by atoms with van der Waals surface area (Å²) in [5.41, 5.74) is 2.11. The normalized spacial score (nSPS) is 18.3. The van der Waals surface area contributed by atoms with Gasteiger partial charge in [0.1, 0.15) is 23.1 Å². The Morgan fingerprint density at radius 2 is 1.86 bits per heavy atom. The number of hydrogen-bond acceptors (Lipinski definition) is 7. The van der Waals surface area contributed by atoms with E-state index in [9.17, 15) is 19.6 Å². The molecular formula is C31H34N6O3S2. The molecule has 4 heterocycles. The number of nitriles is 1. The Hall–Kier alpha value is -3.88. The number of rotatable bonds is 6. The SMILES string of the molecule is CCCn1c(N2CCCC(C)C2)c(/C=C2/SC(=S)N(c3c(C)n(C)n(-c4ccccc4)c3=O)C2=O)c(C)c(C#N)c1=O. The van der Waals surface area contributed by atoms with E-state index in [2.05, 4.69) is 17.9 Å². The molecule has 1 atom stereocenters. The number of thiocarbonyl (C=S) groups is 1. The number of carbonyl (C=O) groups excluding carboxylic acids is 1. The maximum Gasteiger partial charge on any atom is 0.296 e. The number of piperidine rings is 1. The highest BCUT2D eigenvalue weighted by atomic mass is 32.2. The number of carbonyl (C=O) groups is 1. The fourth-order valence-electron chi connectivity index (χ4n) is 5.90. The van der Waals surface area contributed by atoms with Gasteiger partial charge in [0.25, 0.3) is 17.0 Å². The lowest BCUT2D eigenvalue weighted by Gasteiger charge is -2.36. The molecule has 2 aromatic heterocycles. The molecule has 1 amide bonds. The summed E-state index contributed by atoms with van der Waals surface area (Å²) in [6.07, 6.45) is 4.56. The molecule has 2 fully saturated rings. The molecule has 3 aromatic rings. The van der Waals surface area contributed by atoms with Crippen LogP contribution in [0.25, 0.3) is 11.8 Å². The molecule has 1 aromatic carbocycles. The summed E-state index contributed by atoms with van der Waals surface area (Å²) in [5.74, 6) is 0.774. The van der Waals surface area contributed by atoms with Crippen LogP contribution in [0.3, 0.4) is 0 Å². The molecular weight excluding hydrogens is 569 g/mol. The van der Waals surface area contributed by atoms with Gasteiger partial charge in [0, 0.05) is 32.2 Å².